The number of rotatable bonds is 68. The first kappa shape index (κ1) is 116. The van der Waals surface area contributed by atoms with Gasteiger partial charge < -0.3 is 69.5 Å². The van der Waals surface area contributed by atoms with Gasteiger partial charge in [0.2, 0.25) is 0 Å². The Balaban J connectivity index is -0.000000149. The van der Waals surface area contributed by atoms with E-state index in [1.54, 1.807) is 0 Å². The second-order valence-electron chi connectivity index (χ2n) is 24.9. The quantitative estimate of drug-likeness (QED) is 0.0145. The zero-order chi connectivity index (χ0) is 68.0. The summed E-state index contributed by atoms with van der Waals surface area (Å²) >= 11 is 19.0. The SMILES string of the molecule is C.C.CC/C=C/CCCCCCCCCCCCCC(=O)OCC[S-].CC/C=C/CCCCCCCCCCCCCC(=O)OCC[S-].CC/C=C/CCCCCCCCCCCCCC(=O)OCC[S-].CC/C=C/CCCCCCCCCCCCCC(=O)OCC[S-].S.[Sn+2].[Sn+2]. The van der Waals surface area contributed by atoms with Crippen molar-refractivity contribution in [3.63, 3.8) is 0 Å². The fourth-order valence-corrected chi connectivity index (χ4v) is 10.9. The van der Waals surface area contributed by atoms with Crippen LogP contribution in [0.3, 0.4) is 0 Å². The summed E-state index contributed by atoms with van der Waals surface area (Å²) in [6.07, 6.45) is 87.5. The molecule has 0 unspecified atom stereocenters. The van der Waals surface area contributed by atoms with Crippen LogP contribution in [-0.2, 0) is 88.6 Å². The maximum atomic E-state index is 11.3. The summed E-state index contributed by atoms with van der Waals surface area (Å²) in [6, 6.07) is 0. The van der Waals surface area contributed by atoms with Crippen molar-refractivity contribution in [1.29, 1.82) is 0 Å². The molecule has 0 fully saturated rings. The van der Waals surface area contributed by atoms with Crippen molar-refractivity contribution in [3.8, 4) is 0 Å². The average molecular weight is 1670 g/mol. The van der Waals surface area contributed by atoms with Gasteiger partial charge in [0.25, 0.3) is 0 Å². The molecular formula is C82H158O8S5Sn2. The van der Waals surface area contributed by atoms with Gasteiger partial charge in [-0.3, -0.25) is 19.2 Å². The molecule has 0 atom stereocenters. The van der Waals surface area contributed by atoms with Gasteiger partial charge in [-0.25, -0.2) is 0 Å². The van der Waals surface area contributed by atoms with Crippen molar-refractivity contribution in [2.45, 2.75) is 402 Å². The first-order valence-corrected chi connectivity index (χ1v) is 41.1. The van der Waals surface area contributed by atoms with Gasteiger partial charge >= 0.3 is 71.7 Å². The first-order valence-electron chi connectivity index (χ1n) is 38.8. The van der Waals surface area contributed by atoms with Crippen molar-refractivity contribution in [2.75, 3.05) is 49.4 Å². The van der Waals surface area contributed by atoms with Crippen LogP contribution in [-0.4, -0.2) is 121 Å². The summed E-state index contributed by atoms with van der Waals surface area (Å²) in [6.45, 7) is 10.3. The summed E-state index contributed by atoms with van der Waals surface area (Å²) in [5, 5.41) is 0. The Hall–Kier alpha value is 0.187. The molecule has 0 N–H and O–H groups in total. The Morgan fingerprint density at radius 2 is 0.351 bits per heavy atom. The largest absolute Gasteiger partial charge is 2.00 e. The summed E-state index contributed by atoms with van der Waals surface area (Å²) in [4.78, 5) is 45.1. The molecule has 0 saturated heterocycles. The van der Waals surface area contributed by atoms with Gasteiger partial charge in [-0.05, 0) is 103 Å². The van der Waals surface area contributed by atoms with Crippen molar-refractivity contribution >= 4 is 136 Å². The maximum Gasteiger partial charge on any atom is 2.00 e. The van der Waals surface area contributed by atoms with Crippen LogP contribution in [0.2, 0.25) is 0 Å². The smallest absolute Gasteiger partial charge is 0.789 e. The van der Waals surface area contributed by atoms with Gasteiger partial charge in [0.05, 0.1) is 26.4 Å². The minimum atomic E-state index is -0.0833. The van der Waals surface area contributed by atoms with Crippen LogP contribution in [0.15, 0.2) is 48.6 Å². The summed E-state index contributed by atoms with van der Waals surface area (Å²) < 4.78 is 19.9. The van der Waals surface area contributed by atoms with E-state index in [1.807, 2.05) is 0 Å². The molecule has 0 saturated carbocycles. The fraction of sp³-hybridized carbons (Fsp3) is 0.854. The molecule has 0 heterocycles. The number of hydrogen-bond donors (Lipinski definition) is 0. The molecule has 97 heavy (non-hydrogen) atoms. The van der Waals surface area contributed by atoms with E-state index in [1.165, 1.54) is 283 Å². The molecule has 15 heteroatoms. The zero-order valence-electron chi connectivity index (χ0n) is 62.3. The van der Waals surface area contributed by atoms with Gasteiger partial charge in [-0.1, -0.05) is 322 Å². The van der Waals surface area contributed by atoms with E-state index in [-0.39, 0.29) is 100 Å². The van der Waals surface area contributed by atoms with Gasteiger partial charge in [0.15, 0.2) is 0 Å². The maximum absolute atomic E-state index is 11.3. The molecule has 0 aliphatic carbocycles. The Bertz CT molecular complexity index is 1350. The van der Waals surface area contributed by atoms with E-state index >= 15 is 0 Å². The van der Waals surface area contributed by atoms with Crippen LogP contribution in [0, 0.1) is 0 Å². The van der Waals surface area contributed by atoms with Crippen LogP contribution >= 0.6 is 13.5 Å². The van der Waals surface area contributed by atoms with Crippen LogP contribution in [0.1, 0.15) is 402 Å². The molecule has 0 amide bonds. The monoisotopic (exact) mass is 1670 g/mol. The van der Waals surface area contributed by atoms with Crippen LogP contribution in [0.5, 0.6) is 0 Å². The van der Waals surface area contributed by atoms with Crippen LogP contribution in [0.4, 0.5) is 0 Å². The molecule has 0 aromatic carbocycles. The van der Waals surface area contributed by atoms with Crippen LogP contribution < -0.4 is 0 Å². The van der Waals surface area contributed by atoms with Gasteiger partial charge in [-0.2, -0.15) is 13.5 Å². The van der Waals surface area contributed by atoms with E-state index in [0.29, 0.717) is 75.1 Å². The standard InChI is InChI=1S/4C20H38O2S.2CH4.H2S.2Sn/c4*1-2-3-4-5-6-7-8-9-10-11-12-13-14-15-16-17-20(21)22-18-19-23;;;;;/h4*3-4,23H,2,5-19H2,1H3;2*1H4;1H2;;/q;;;;;;;2*+2/p-4/b4*4-3+;;;;;. The van der Waals surface area contributed by atoms with Crippen LogP contribution in [0.25, 0.3) is 0 Å². The van der Waals surface area contributed by atoms with E-state index < -0.39 is 0 Å². The van der Waals surface area contributed by atoms with Crippen molar-refractivity contribution in [2.24, 2.45) is 0 Å². The number of carbonyl (C=O) groups excluding carboxylic acids is 4. The Kier molecular flexibility index (Phi) is 134. The molecular weight excluding hydrogens is 1510 g/mol. The van der Waals surface area contributed by atoms with Gasteiger partial charge in [0.1, 0.15) is 0 Å². The Morgan fingerprint density at radius 3 is 0.474 bits per heavy atom. The molecule has 0 aliphatic heterocycles. The van der Waals surface area contributed by atoms with E-state index in [2.05, 4.69) is 76.3 Å². The summed E-state index contributed by atoms with van der Waals surface area (Å²) in [5.41, 5.74) is 0. The van der Waals surface area contributed by atoms with Crippen molar-refractivity contribution < 1.29 is 38.1 Å². The van der Waals surface area contributed by atoms with Gasteiger partial charge in [-0.15, -0.1) is 23.0 Å². The molecule has 4 radical (unpaired) electrons. The summed E-state index contributed by atoms with van der Waals surface area (Å²) in [5.74, 6) is 1.67. The van der Waals surface area contributed by atoms with Gasteiger partial charge in [0, 0.05) is 25.7 Å². The zero-order valence-corrected chi connectivity index (χ0v) is 72.2. The van der Waals surface area contributed by atoms with E-state index in [9.17, 15) is 19.2 Å². The number of unbranched alkanes of at least 4 members (excludes halogenated alkanes) is 44. The number of hydrogen-bond acceptors (Lipinski definition) is 12. The molecule has 572 valence electrons. The molecule has 0 aliphatic rings. The molecule has 0 spiro atoms. The predicted octanol–water partition coefficient (Wildman–Crippen LogP) is 25.1. The third kappa shape index (κ3) is 120. The molecule has 0 bridgehead atoms. The molecule has 0 aromatic heterocycles. The number of allylic oxidation sites excluding steroid dienone is 8. The summed E-state index contributed by atoms with van der Waals surface area (Å²) in [7, 11) is 0. The second-order valence-corrected chi connectivity index (χ2v) is 26.6. The number of carbonyl (C=O) groups is 4. The fourth-order valence-electron chi connectivity index (χ4n) is 10.5. The Morgan fingerprint density at radius 1 is 0.227 bits per heavy atom. The third-order valence-corrected chi connectivity index (χ3v) is 16.7. The predicted molar refractivity (Wildman–Crippen MR) is 446 cm³/mol. The minimum Gasteiger partial charge on any atom is -0.789 e. The molecule has 8 nitrogen and oxygen atoms in total. The normalized spacial score (nSPS) is 10.6. The number of esters is 4. The second kappa shape index (κ2) is 112. The third-order valence-electron chi connectivity index (χ3n) is 16.0. The molecule has 0 aromatic rings. The Labute approximate surface area is 668 Å². The van der Waals surface area contributed by atoms with Crippen molar-refractivity contribution in [1.82, 2.24) is 0 Å². The first-order chi connectivity index (χ1) is 45.2. The topological polar surface area (TPSA) is 105 Å². The van der Waals surface area contributed by atoms with E-state index in [4.69, 9.17) is 69.5 Å². The minimum absolute atomic E-state index is 0. The average Bonchev–Trinajstić information content (AvgIpc) is 3.68. The molecule has 0 rings (SSSR count). The number of ether oxygens (including phenoxy) is 4. The van der Waals surface area contributed by atoms with E-state index in [0.717, 1.165) is 51.4 Å². The van der Waals surface area contributed by atoms with Crippen molar-refractivity contribution in [3.05, 3.63) is 48.6 Å².